The summed E-state index contributed by atoms with van der Waals surface area (Å²) in [7, 11) is 0. The Balaban J connectivity index is 2.74. The van der Waals surface area contributed by atoms with Crippen LogP contribution >= 0.6 is 0 Å². The van der Waals surface area contributed by atoms with Crippen LogP contribution in [-0.4, -0.2) is 10.8 Å². The van der Waals surface area contributed by atoms with Gasteiger partial charge in [-0.2, -0.15) is 0 Å². The van der Waals surface area contributed by atoms with Gasteiger partial charge in [-0.15, -0.1) is 0 Å². The molecule has 0 atom stereocenters. The standard InChI is InChI=1S/C7H9NO2/c1-5(9)3-7-6(2)8-4-10-7/h4H,3H2,1-2H3. The number of ketones is 1. The molecule has 0 aliphatic heterocycles. The number of carbonyl (C=O) groups is 1. The molecule has 3 heteroatoms. The first-order chi connectivity index (χ1) is 4.70. The molecule has 0 radical (unpaired) electrons. The third-order valence-corrected chi connectivity index (χ3v) is 1.25. The summed E-state index contributed by atoms with van der Waals surface area (Å²) in [5.74, 6) is 0.771. The van der Waals surface area contributed by atoms with E-state index in [0.717, 1.165) is 5.69 Å². The van der Waals surface area contributed by atoms with Crippen molar-refractivity contribution in [3.63, 3.8) is 0 Å². The van der Waals surface area contributed by atoms with E-state index < -0.39 is 0 Å². The SMILES string of the molecule is CC(=O)Cc1ocnc1C. The molecule has 0 fully saturated rings. The van der Waals surface area contributed by atoms with Gasteiger partial charge < -0.3 is 4.42 Å². The zero-order valence-electron chi connectivity index (χ0n) is 6.05. The maximum Gasteiger partial charge on any atom is 0.181 e. The maximum atomic E-state index is 10.6. The molecule has 54 valence electrons. The van der Waals surface area contributed by atoms with Gasteiger partial charge in [0.1, 0.15) is 11.5 Å². The van der Waals surface area contributed by atoms with E-state index in [1.165, 1.54) is 13.3 Å². The summed E-state index contributed by atoms with van der Waals surface area (Å²) >= 11 is 0. The van der Waals surface area contributed by atoms with E-state index >= 15 is 0 Å². The number of carbonyl (C=O) groups excluding carboxylic acids is 1. The molecule has 0 N–H and O–H groups in total. The predicted octanol–water partition coefficient (Wildman–Crippen LogP) is 1.11. The van der Waals surface area contributed by atoms with Gasteiger partial charge in [-0.05, 0) is 13.8 Å². The van der Waals surface area contributed by atoms with Gasteiger partial charge >= 0.3 is 0 Å². The molecule has 0 unspecified atom stereocenters. The van der Waals surface area contributed by atoms with Gasteiger partial charge in [-0.3, -0.25) is 4.79 Å². The van der Waals surface area contributed by atoms with Gasteiger partial charge in [0.2, 0.25) is 0 Å². The lowest BCUT2D eigenvalue weighted by atomic mass is 10.2. The number of Topliss-reactive ketones (excluding diaryl/α,β-unsaturated/α-hetero) is 1. The van der Waals surface area contributed by atoms with Crippen molar-refractivity contribution in [3.05, 3.63) is 17.8 Å². The summed E-state index contributed by atoms with van der Waals surface area (Å²) in [6.45, 7) is 3.35. The molecular formula is C7H9NO2. The van der Waals surface area contributed by atoms with Crippen molar-refractivity contribution >= 4 is 5.78 Å². The summed E-state index contributed by atoms with van der Waals surface area (Å²) in [6.07, 6.45) is 1.71. The molecule has 3 nitrogen and oxygen atoms in total. The van der Waals surface area contributed by atoms with Crippen molar-refractivity contribution in [1.29, 1.82) is 0 Å². The number of aryl methyl sites for hydroxylation is 1. The van der Waals surface area contributed by atoms with Crippen LogP contribution in [0.1, 0.15) is 18.4 Å². The monoisotopic (exact) mass is 139 g/mol. The number of aromatic nitrogens is 1. The molecular weight excluding hydrogens is 130 g/mol. The van der Waals surface area contributed by atoms with Crippen molar-refractivity contribution < 1.29 is 9.21 Å². The quantitative estimate of drug-likeness (QED) is 0.616. The number of oxazole rings is 1. The van der Waals surface area contributed by atoms with Crippen LogP contribution in [0.15, 0.2) is 10.8 Å². The Bertz CT molecular complexity index is 240. The molecule has 0 bridgehead atoms. The van der Waals surface area contributed by atoms with Gasteiger partial charge in [0.05, 0.1) is 12.1 Å². The molecule has 1 rings (SSSR count). The molecule has 0 aliphatic carbocycles. The molecule has 0 amide bonds. The molecule has 1 heterocycles. The van der Waals surface area contributed by atoms with E-state index in [4.69, 9.17) is 4.42 Å². The van der Waals surface area contributed by atoms with Crippen molar-refractivity contribution in [2.75, 3.05) is 0 Å². The van der Waals surface area contributed by atoms with Crippen LogP contribution in [0, 0.1) is 6.92 Å². The molecule has 0 saturated carbocycles. The van der Waals surface area contributed by atoms with E-state index in [1.807, 2.05) is 6.92 Å². The van der Waals surface area contributed by atoms with Crippen molar-refractivity contribution in [2.45, 2.75) is 20.3 Å². The van der Waals surface area contributed by atoms with Gasteiger partial charge in [0.15, 0.2) is 6.39 Å². The fourth-order valence-electron chi connectivity index (χ4n) is 0.722. The van der Waals surface area contributed by atoms with Crippen molar-refractivity contribution in [1.82, 2.24) is 4.98 Å². The first kappa shape index (κ1) is 6.99. The van der Waals surface area contributed by atoms with E-state index in [0.29, 0.717) is 12.2 Å². The zero-order chi connectivity index (χ0) is 7.56. The Kier molecular flexibility index (Phi) is 1.85. The Morgan fingerprint density at radius 2 is 2.50 bits per heavy atom. The lowest BCUT2D eigenvalue weighted by Gasteiger charge is -1.89. The summed E-state index contributed by atoms with van der Waals surface area (Å²) in [6, 6.07) is 0. The number of rotatable bonds is 2. The normalized spacial score (nSPS) is 9.80. The van der Waals surface area contributed by atoms with E-state index in [-0.39, 0.29) is 5.78 Å². The fourth-order valence-corrected chi connectivity index (χ4v) is 0.722. The summed E-state index contributed by atoms with van der Waals surface area (Å²) < 4.78 is 4.94. The Hall–Kier alpha value is -1.12. The highest BCUT2D eigenvalue weighted by atomic mass is 16.3. The molecule has 10 heavy (non-hydrogen) atoms. The molecule has 0 aromatic carbocycles. The third kappa shape index (κ3) is 1.43. The van der Waals surface area contributed by atoms with Crippen LogP contribution in [0.5, 0.6) is 0 Å². The average Bonchev–Trinajstić information content (AvgIpc) is 2.15. The zero-order valence-corrected chi connectivity index (χ0v) is 6.05. The average molecular weight is 139 g/mol. The minimum Gasteiger partial charge on any atom is -0.448 e. The Morgan fingerprint density at radius 3 is 2.90 bits per heavy atom. The van der Waals surface area contributed by atoms with E-state index in [2.05, 4.69) is 4.98 Å². The second kappa shape index (κ2) is 2.64. The van der Waals surface area contributed by atoms with Gasteiger partial charge in [-0.1, -0.05) is 0 Å². The Labute approximate surface area is 59.1 Å². The first-order valence-corrected chi connectivity index (χ1v) is 3.08. The van der Waals surface area contributed by atoms with E-state index in [9.17, 15) is 4.79 Å². The van der Waals surface area contributed by atoms with Crippen LogP contribution in [0.25, 0.3) is 0 Å². The minimum absolute atomic E-state index is 0.0971. The second-order valence-electron chi connectivity index (χ2n) is 2.24. The maximum absolute atomic E-state index is 10.6. The molecule has 0 aliphatic rings. The lowest BCUT2D eigenvalue weighted by molar-refractivity contribution is -0.116. The second-order valence-corrected chi connectivity index (χ2v) is 2.24. The lowest BCUT2D eigenvalue weighted by Crippen LogP contribution is -1.95. The molecule has 1 aromatic rings. The van der Waals surface area contributed by atoms with Crippen molar-refractivity contribution in [3.8, 4) is 0 Å². The highest BCUT2D eigenvalue weighted by Crippen LogP contribution is 2.05. The van der Waals surface area contributed by atoms with E-state index in [1.54, 1.807) is 0 Å². The Morgan fingerprint density at radius 1 is 1.80 bits per heavy atom. The largest absolute Gasteiger partial charge is 0.448 e. The molecule has 1 aromatic heterocycles. The van der Waals surface area contributed by atoms with Gasteiger partial charge in [0, 0.05) is 0 Å². The summed E-state index contributed by atoms with van der Waals surface area (Å²) in [4.78, 5) is 14.4. The van der Waals surface area contributed by atoms with Crippen LogP contribution in [0.2, 0.25) is 0 Å². The topological polar surface area (TPSA) is 43.1 Å². The summed E-state index contributed by atoms with van der Waals surface area (Å²) in [5.41, 5.74) is 0.801. The fraction of sp³-hybridized carbons (Fsp3) is 0.429. The van der Waals surface area contributed by atoms with Crippen LogP contribution in [0.3, 0.4) is 0 Å². The molecule has 0 spiro atoms. The smallest absolute Gasteiger partial charge is 0.181 e. The predicted molar refractivity (Wildman–Crippen MR) is 35.6 cm³/mol. The van der Waals surface area contributed by atoms with Crippen molar-refractivity contribution in [2.24, 2.45) is 0 Å². The van der Waals surface area contributed by atoms with Crippen LogP contribution in [-0.2, 0) is 11.2 Å². The number of hydrogen-bond acceptors (Lipinski definition) is 3. The first-order valence-electron chi connectivity index (χ1n) is 3.08. The number of hydrogen-bond donors (Lipinski definition) is 0. The van der Waals surface area contributed by atoms with Crippen LogP contribution in [0.4, 0.5) is 0 Å². The highest BCUT2D eigenvalue weighted by Gasteiger charge is 2.04. The number of nitrogens with zero attached hydrogens (tertiary/aromatic N) is 1. The highest BCUT2D eigenvalue weighted by molar-refractivity contribution is 5.77. The minimum atomic E-state index is 0.0971. The summed E-state index contributed by atoms with van der Waals surface area (Å²) in [5, 5.41) is 0. The third-order valence-electron chi connectivity index (χ3n) is 1.25. The van der Waals surface area contributed by atoms with Gasteiger partial charge in [0.25, 0.3) is 0 Å². The molecule has 0 saturated heterocycles. The van der Waals surface area contributed by atoms with Crippen LogP contribution < -0.4 is 0 Å². The van der Waals surface area contributed by atoms with Gasteiger partial charge in [-0.25, -0.2) is 4.98 Å².